The monoisotopic (exact) mass is 830 g/mol. The van der Waals surface area contributed by atoms with Crippen molar-refractivity contribution in [2.24, 2.45) is 0 Å². The van der Waals surface area contributed by atoms with Crippen molar-refractivity contribution < 1.29 is 81.1 Å². The molecule has 0 fully saturated rings. The fourth-order valence-electron chi connectivity index (χ4n) is 4.39. The van der Waals surface area contributed by atoms with Crippen molar-refractivity contribution in [3.05, 3.63) is 0 Å². The Labute approximate surface area is 340 Å². The number of hydrogen-bond donors (Lipinski definition) is 2. The smallest absolute Gasteiger partial charge is 0.305 e. The van der Waals surface area contributed by atoms with Gasteiger partial charge in [-0.3, -0.25) is 14.4 Å². The van der Waals surface area contributed by atoms with E-state index >= 15 is 0 Å². The van der Waals surface area contributed by atoms with E-state index in [-0.39, 0.29) is 31.3 Å². The molecule has 0 saturated carbocycles. The van der Waals surface area contributed by atoms with E-state index in [0.29, 0.717) is 178 Å². The third kappa shape index (κ3) is 50.0. The molecule has 0 aromatic heterocycles. The quantitative estimate of drug-likeness (QED) is 0.0668. The molecule has 0 radical (unpaired) electrons. The maximum atomic E-state index is 11.6. The van der Waals surface area contributed by atoms with Crippen molar-refractivity contribution in [3.8, 4) is 0 Å². The number of aliphatic carboxylic acids is 1. The topological polar surface area (TPSA) is 203 Å². The Morgan fingerprint density at radius 1 is 0.368 bits per heavy atom. The minimum absolute atomic E-state index is 0.0139. The number of carboxylic acids is 1. The van der Waals surface area contributed by atoms with Crippen LogP contribution in [-0.4, -0.2) is 195 Å². The number of hydrogen-bond acceptors (Lipinski definition) is 16. The lowest BCUT2D eigenvalue weighted by Crippen LogP contribution is -2.25. The molecule has 0 rings (SSSR count). The molecule has 0 aliphatic heterocycles. The minimum atomic E-state index is -0.985. The van der Waals surface area contributed by atoms with Crippen molar-refractivity contribution >= 4 is 17.8 Å². The van der Waals surface area contributed by atoms with Crippen molar-refractivity contribution in [1.82, 2.24) is 5.32 Å². The van der Waals surface area contributed by atoms with Gasteiger partial charge in [-0.2, -0.15) is 0 Å². The number of rotatable bonds is 49. The van der Waals surface area contributed by atoms with Crippen LogP contribution in [0, 0.1) is 0 Å². The molecule has 0 saturated heterocycles. The highest BCUT2D eigenvalue weighted by Crippen LogP contribution is 2.05. The average Bonchev–Trinajstić information content (AvgIpc) is 3.20. The predicted molar refractivity (Wildman–Crippen MR) is 209 cm³/mol. The summed E-state index contributed by atoms with van der Waals surface area (Å²) in [7, 11) is 0. The summed E-state index contributed by atoms with van der Waals surface area (Å²) in [6, 6.07) is 0. The number of carbonyl (C=O) groups is 3. The summed E-state index contributed by atoms with van der Waals surface area (Å²) in [6.45, 7) is 14.1. The zero-order valence-corrected chi connectivity index (χ0v) is 34.7. The molecular formula is C39H75NO17. The highest BCUT2D eigenvalue weighted by molar-refractivity contribution is 5.80. The van der Waals surface area contributed by atoms with Crippen LogP contribution in [-0.2, 0) is 76.0 Å². The lowest BCUT2D eigenvalue weighted by Gasteiger charge is -2.09. The molecule has 0 heterocycles. The molecule has 2 N–H and O–H groups in total. The van der Waals surface area contributed by atoms with Crippen LogP contribution in [0.15, 0.2) is 0 Å². The normalized spacial score (nSPS) is 11.3. The van der Waals surface area contributed by atoms with Gasteiger partial charge in [-0.15, -0.1) is 0 Å². The van der Waals surface area contributed by atoms with Gasteiger partial charge < -0.3 is 72.0 Å². The zero-order chi connectivity index (χ0) is 41.4. The van der Waals surface area contributed by atoms with Gasteiger partial charge in [0, 0.05) is 26.0 Å². The maximum absolute atomic E-state index is 11.6. The van der Waals surface area contributed by atoms with E-state index in [1.54, 1.807) is 0 Å². The van der Waals surface area contributed by atoms with Crippen LogP contribution in [0.2, 0.25) is 0 Å². The van der Waals surface area contributed by atoms with Crippen LogP contribution in [0.4, 0.5) is 0 Å². The van der Waals surface area contributed by atoms with Crippen LogP contribution < -0.4 is 5.32 Å². The Bertz CT molecular complexity index is 858. The summed E-state index contributed by atoms with van der Waals surface area (Å²) in [5, 5.41) is 11.2. The zero-order valence-electron chi connectivity index (χ0n) is 34.7. The fourth-order valence-corrected chi connectivity index (χ4v) is 4.39. The summed E-state index contributed by atoms with van der Waals surface area (Å²) in [4.78, 5) is 33.4. The Morgan fingerprint density at radius 2 is 0.684 bits per heavy atom. The van der Waals surface area contributed by atoms with E-state index in [4.69, 9.17) is 66.7 Å². The van der Waals surface area contributed by atoms with Gasteiger partial charge in [-0.25, -0.2) is 0 Å². The molecule has 1 amide bonds. The summed E-state index contributed by atoms with van der Waals surface area (Å²) in [5.41, 5.74) is 0. The van der Waals surface area contributed by atoms with Crippen LogP contribution in [0.3, 0.4) is 0 Å². The molecule has 57 heavy (non-hydrogen) atoms. The number of ether oxygens (including phenoxy) is 13. The highest BCUT2D eigenvalue weighted by atomic mass is 16.6. The lowest BCUT2D eigenvalue weighted by atomic mass is 10.1. The molecule has 0 aromatic carbocycles. The summed E-state index contributed by atoms with van der Waals surface area (Å²) >= 11 is 0. The largest absolute Gasteiger partial charge is 0.481 e. The molecule has 0 aliphatic carbocycles. The first-order chi connectivity index (χ1) is 28.1. The molecule has 0 unspecified atom stereocenters. The van der Waals surface area contributed by atoms with E-state index in [1.165, 1.54) is 19.3 Å². The first kappa shape index (κ1) is 54.9. The Hall–Kier alpha value is -2.07. The SMILES string of the molecule is CCCCCCCC(=O)OCCOCCOCCOCCOCCOCCOCCOCCOCCOCCOCCOCCOCCCNC(=O)CCC(=O)O. The summed E-state index contributed by atoms with van der Waals surface area (Å²) < 4.78 is 70.7. The van der Waals surface area contributed by atoms with Gasteiger partial charge in [0.15, 0.2) is 0 Å². The molecule has 0 bridgehead atoms. The van der Waals surface area contributed by atoms with Crippen molar-refractivity contribution in [3.63, 3.8) is 0 Å². The van der Waals surface area contributed by atoms with E-state index in [0.717, 1.165) is 12.8 Å². The van der Waals surface area contributed by atoms with E-state index < -0.39 is 5.97 Å². The van der Waals surface area contributed by atoms with Crippen LogP contribution in [0.25, 0.3) is 0 Å². The lowest BCUT2D eigenvalue weighted by molar-refractivity contribution is -0.145. The van der Waals surface area contributed by atoms with E-state index in [9.17, 15) is 14.4 Å². The first-order valence-corrected chi connectivity index (χ1v) is 20.6. The van der Waals surface area contributed by atoms with Gasteiger partial charge >= 0.3 is 11.9 Å². The van der Waals surface area contributed by atoms with Crippen molar-refractivity contribution in [1.29, 1.82) is 0 Å². The molecular weight excluding hydrogens is 754 g/mol. The molecule has 0 aromatic rings. The van der Waals surface area contributed by atoms with Crippen LogP contribution in [0.1, 0.15) is 64.7 Å². The number of unbranched alkanes of at least 4 members (excludes halogenated alkanes) is 4. The fraction of sp³-hybridized carbons (Fsp3) is 0.923. The average molecular weight is 830 g/mol. The number of carboxylic acid groups (broad SMARTS) is 1. The van der Waals surface area contributed by atoms with Crippen molar-refractivity contribution in [2.45, 2.75) is 64.7 Å². The second kappa shape index (κ2) is 48.3. The molecule has 338 valence electrons. The predicted octanol–water partition coefficient (Wildman–Crippen LogP) is 2.46. The number of esters is 1. The maximum Gasteiger partial charge on any atom is 0.305 e. The third-order valence-electron chi connectivity index (χ3n) is 7.42. The number of nitrogens with one attached hydrogen (secondary N) is 1. The van der Waals surface area contributed by atoms with Gasteiger partial charge in [0.1, 0.15) is 6.61 Å². The van der Waals surface area contributed by atoms with Crippen LogP contribution >= 0.6 is 0 Å². The van der Waals surface area contributed by atoms with E-state index in [2.05, 4.69) is 12.2 Å². The number of amides is 1. The second-order valence-corrected chi connectivity index (χ2v) is 12.3. The molecule has 0 aliphatic rings. The number of carbonyl (C=O) groups excluding carboxylic acids is 2. The molecule has 0 spiro atoms. The first-order valence-electron chi connectivity index (χ1n) is 20.6. The van der Waals surface area contributed by atoms with Gasteiger partial charge in [-0.05, 0) is 12.8 Å². The van der Waals surface area contributed by atoms with Gasteiger partial charge in [0.25, 0.3) is 0 Å². The molecule has 18 heteroatoms. The summed E-state index contributed by atoms with van der Waals surface area (Å²) in [5.74, 6) is -1.41. The van der Waals surface area contributed by atoms with E-state index in [1.807, 2.05) is 0 Å². The molecule has 0 atom stereocenters. The Kier molecular flexibility index (Phi) is 46.5. The van der Waals surface area contributed by atoms with Crippen LogP contribution in [0.5, 0.6) is 0 Å². The third-order valence-corrected chi connectivity index (χ3v) is 7.42. The van der Waals surface area contributed by atoms with Gasteiger partial charge in [0.05, 0.1) is 158 Å². The molecule has 18 nitrogen and oxygen atoms in total. The highest BCUT2D eigenvalue weighted by Gasteiger charge is 2.05. The summed E-state index contributed by atoms with van der Waals surface area (Å²) in [6.07, 6.45) is 6.50. The standard InChI is InChI=1S/C39H75NO17/c1-2-3-4-5-6-8-39(44)57-36-35-56-34-33-55-32-31-54-30-29-53-28-27-52-26-25-51-24-23-50-22-21-49-20-19-48-18-17-47-16-15-46-14-13-45-12-7-11-40-37(41)9-10-38(42)43/h2-36H2,1H3,(H,40,41)(H,42,43). The minimum Gasteiger partial charge on any atom is -0.481 e. The van der Waals surface area contributed by atoms with Gasteiger partial charge in [0.2, 0.25) is 5.91 Å². The Morgan fingerprint density at radius 3 is 1.02 bits per heavy atom. The van der Waals surface area contributed by atoms with Crippen molar-refractivity contribution in [2.75, 3.05) is 172 Å². The van der Waals surface area contributed by atoms with Gasteiger partial charge in [-0.1, -0.05) is 32.6 Å². The Balaban J connectivity index is 3.11. The second-order valence-electron chi connectivity index (χ2n) is 12.3.